The van der Waals surface area contributed by atoms with Crippen molar-refractivity contribution in [2.45, 2.75) is 6.92 Å². The van der Waals surface area contributed by atoms with Crippen LogP contribution in [-0.4, -0.2) is 60.4 Å². The van der Waals surface area contributed by atoms with Gasteiger partial charge in [0.05, 0.1) is 18.3 Å². The first-order valence-corrected chi connectivity index (χ1v) is 10.2. The molecule has 0 unspecified atom stereocenters. The van der Waals surface area contributed by atoms with Crippen LogP contribution in [0.2, 0.25) is 0 Å². The Balaban J connectivity index is 1.90. The minimum absolute atomic E-state index is 0.0316. The molecule has 7 nitrogen and oxygen atoms in total. The van der Waals surface area contributed by atoms with E-state index in [4.69, 9.17) is 4.74 Å². The number of piperazine rings is 1. The van der Waals surface area contributed by atoms with Crippen molar-refractivity contribution in [3.8, 4) is 11.4 Å². The molecule has 1 aliphatic rings. The standard InChI is InChI=1S/C23H24FN3O4/c1-3-25-8-10-26(11-9-25)21-13-20-17(12-19(21)24)22(28)18(23(29)30)14-27(20)15-4-6-16(31-2)7-5-15/h4-7,12-14H,3,8-11H2,1-2H3,(H,29,30). The van der Waals surface area contributed by atoms with Crippen molar-refractivity contribution in [1.29, 1.82) is 0 Å². The highest BCUT2D eigenvalue weighted by Gasteiger charge is 2.22. The number of carboxylic acids is 1. The van der Waals surface area contributed by atoms with E-state index in [9.17, 15) is 14.7 Å². The molecule has 4 rings (SSSR count). The fourth-order valence-corrected chi connectivity index (χ4v) is 3.99. The predicted octanol–water partition coefficient (Wildman–Crippen LogP) is 2.98. The van der Waals surface area contributed by atoms with Crippen molar-refractivity contribution in [2.24, 2.45) is 0 Å². The van der Waals surface area contributed by atoms with E-state index in [-0.39, 0.29) is 5.39 Å². The van der Waals surface area contributed by atoms with Crippen LogP contribution in [0.3, 0.4) is 0 Å². The highest BCUT2D eigenvalue weighted by atomic mass is 19.1. The number of aromatic carboxylic acids is 1. The maximum absolute atomic E-state index is 15.1. The monoisotopic (exact) mass is 425 g/mol. The molecule has 1 saturated heterocycles. The van der Waals surface area contributed by atoms with E-state index in [1.54, 1.807) is 42.0 Å². The first-order valence-electron chi connectivity index (χ1n) is 10.2. The summed E-state index contributed by atoms with van der Waals surface area (Å²) in [6.45, 7) is 6.06. The minimum atomic E-state index is -1.35. The van der Waals surface area contributed by atoms with Gasteiger partial charge in [-0.15, -0.1) is 0 Å². The molecule has 31 heavy (non-hydrogen) atoms. The number of benzene rings is 2. The number of nitrogens with zero attached hydrogens (tertiary/aromatic N) is 3. The summed E-state index contributed by atoms with van der Waals surface area (Å²) in [5, 5.41) is 9.55. The van der Waals surface area contributed by atoms with Crippen LogP contribution in [0.5, 0.6) is 5.75 Å². The van der Waals surface area contributed by atoms with Crippen molar-refractivity contribution in [2.75, 3.05) is 44.7 Å². The second-order valence-corrected chi connectivity index (χ2v) is 7.49. The highest BCUT2D eigenvalue weighted by molar-refractivity contribution is 5.94. The molecule has 0 saturated carbocycles. The molecule has 8 heteroatoms. The Morgan fingerprint density at radius 1 is 1.13 bits per heavy atom. The molecular weight excluding hydrogens is 401 g/mol. The van der Waals surface area contributed by atoms with Crippen molar-refractivity contribution < 1.29 is 19.0 Å². The number of aromatic nitrogens is 1. The number of fused-ring (bicyclic) bond motifs is 1. The molecule has 1 aromatic heterocycles. The van der Waals surface area contributed by atoms with Gasteiger partial charge in [0, 0.05) is 43.4 Å². The number of hydrogen-bond acceptors (Lipinski definition) is 5. The van der Waals surface area contributed by atoms with Crippen molar-refractivity contribution >= 4 is 22.6 Å². The van der Waals surface area contributed by atoms with Gasteiger partial charge in [-0.25, -0.2) is 9.18 Å². The quantitative estimate of drug-likeness (QED) is 0.678. The third-order valence-corrected chi connectivity index (χ3v) is 5.81. The lowest BCUT2D eigenvalue weighted by Gasteiger charge is -2.35. The highest BCUT2D eigenvalue weighted by Crippen LogP contribution is 2.28. The topological polar surface area (TPSA) is 75.0 Å². The van der Waals surface area contributed by atoms with Gasteiger partial charge in [-0.2, -0.15) is 0 Å². The number of ether oxygens (including phenoxy) is 1. The van der Waals surface area contributed by atoms with E-state index >= 15 is 4.39 Å². The van der Waals surface area contributed by atoms with Gasteiger partial charge in [-0.05, 0) is 42.9 Å². The molecule has 0 aliphatic carbocycles. The number of likely N-dealkylation sites (N-methyl/N-ethyl adjacent to an activating group) is 1. The molecule has 1 aliphatic heterocycles. The molecule has 3 aromatic rings. The van der Waals surface area contributed by atoms with Crippen LogP contribution in [0.1, 0.15) is 17.3 Å². The Hall–Kier alpha value is -3.39. The van der Waals surface area contributed by atoms with Gasteiger partial charge in [-0.1, -0.05) is 6.92 Å². The number of methoxy groups -OCH3 is 1. The average molecular weight is 425 g/mol. The molecule has 162 valence electrons. The summed E-state index contributed by atoms with van der Waals surface area (Å²) in [6, 6.07) is 9.81. The van der Waals surface area contributed by atoms with Crippen LogP contribution >= 0.6 is 0 Å². The number of anilines is 1. The Morgan fingerprint density at radius 2 is 1.81 bits per heavy atom. The molecule has 1 fully saturated rings. The van der Waals surface area contributed by atoms with Crippen molar-refractivity contribution in [1.82, 2.24) is 9.47 Å². The van der Waals surface area contributed by atoms with Crippen molar-refractivity contribution in [3.05, 3.63) is 64.2 Å². The Labute approximate surface area is 178 Å². The van der Waals surface area contributed by atoms with Crippen molar-refractivity contribution in [3.63, 3.8) is 0 Å². The maximum Gasteiger partial charge on any atom is 0.341 e. The fourth-order valence-electron chi connectivity index (χ4n) is 3.99. The van der Waals surface area contributed by atoms with E-state index in [1.165, 1.54) is 6.20 Å². The summed E-state index contributed by atoms with van der Waals surface area (Å²) in [7, 11) is 1.56. The van der Waals surface area contributed by atoms with Crippen LogP contribution in [0, 0.1) is 5.82 Å². The smallest absolute Gasteiger partial charge is 0.341 e. The predicted molar refractivity (Wildman–Crippen MR) is 117 cm³/mol. The lowest BCUT2D eigenvalue weighted by Crippen LogP contribution is -2.46. The number of hydrogen-bond donors (Lipinski definition) is 1. The molecule has 0 amide bonds. The van der Waals surface area contributed by atoms with Crippen LogP contribution in [-0.2, 0) is 0 Å². The van der Waals surface area contributed by atoms with Gasteiger partial charge in [0.2, 0.25) is 5.43 Å². The van der Waals surface area contributed by atoms with E-state index < -0.39 is 22.8 Å². The summed E-state index contributed by atoms with van der Waals surface area (Å²) < 4.78 is 21.9. The van der Waals surface area contributed by atoms with Crippen LogP contribution < -0.4 is 15.1 Å². The van der Waals surface area contributed by atoms with E-state index in [0.29, 0.717) is 35.7 Å². The first kappa shape index (κ1) is 20.9. The zero-order valence-corrected chi connectivity index (χ0v) is 17.5. The SMILES string of the molecule is CCN1CCN(c2cc3c(cc2F)c(=O)c(C(=O)O)cn3-c2ccc(OC)cc2)CC1. The minimum Gasteiger partial charge on any atom is -0.497 e. The van der Waals surface area contributed by atoms with E-state index in [1.807, 2.05) is 4.90 Å². The molecule has 2 heterocycles. The molecule has 0 spiro atoms. The summed E-state index contributed by atoms with van der Waals surface area (Å²) in [4.78, 5) is 28.7. The van der Waals surface area contributed by atoms with Gasteiger partial charge in [0.15, 0.2) is 0 Å². The molecule has 1 N–H and O–H groups in total. The summed E-state index contributed by atoms with van der Waals surface area (Å²) in [5.41, 5.74) is 0.393. The number of rotatable bonds is 5. The largest absolute Gasteiger partial charge is 0.497 e. The number of carboxylic acid groups (broad SMARTS) is 1. The normalized spacial score (nSPS) is 14.7. The summed E-state index contributed by atoms with van der Waals surface area (Å²) in [6.07, 6.45) is 1.30. The summed E-state index contributed by atoms with van der Waals surface area (Å²) in [5.74, 6) is -1.24. The lowest BCUT2D eigenvalue weighted by atomic mass is 10.1. The van der Waals surface area contributed by atoms with Gasteiger partial charge < -0.3 is 24.2 Å². The number of halogens is 1. The molecule has 2 aromatic carbocycles. The molecular formula is C23H24FN3O4. The number of carbonyl (C=O) groups is 1. The third kappa shape index (κ3) is 3.86. The average Bonchev–Trinajstić information content (AvgIpc) is 2.79. The zero-order valence-electron chi connectivity index (χ0n) is 17.5. The first-order chi connectivity index (χ1) is 14.9. The van der Waals surface area contributed by atoms with E-state index in [2.05, 4.69) is 11.8 Å². The molecule has 0 bridgehead atoms. The van der Waals surface area contributed by atoms with Gasteiger partial charge >= 0.3 is 5.97 Å². The second-order valence-electron chi connectivity index (χ2n) is 7.49. The van der Waals surface area contributed by atoms with Gasteiger partial charge in [-0.3, -0.25) is 4.79 Å². The van der Waals surface area contributed by atoms with Gasteiger partial charge in [0.25, 0.3) is 0 Å². The van der Waals surface area contributed by atoms with E-state index in [0.717, 1.165) is 25.7 Å². The van der Waals surface area contributed by atoms with Gasteiger partial charge in [0.1, 0.15) is 17.1 Å². The Bertz CT molecular complexity index is 1180. The van der Waals surface area contributed by atoms with Crippen LogP contribution in [0.25, 0.3) is 16.6 Å². The molecule has 0 radical (unpaired) electrons. The van der Waals surface area contributed by atoms with Crippen LogP contribution in [0.4, 0.5) is 10.1 Å². The second kappa shape index (κ2) is 8.39. The Kier molecular flexibility index (Phi) is 5.65. The Morgan fingerprint density at radius 3 is 2.39 bits per heavy atom. The number of pyridine rings is 1. The van der Waals surface area contributed by atoms with Crippen LogP contribution in [0.15, 0.2) is 47.4 Å². The zero-order chi connectivity index (χ0) is 22.1. The fraction of sp³-hybridized carbons (Fsp3) is 0.304. The lowest BCUT2D eigenvalue weighted by molar-refractivity contribution is 0.0695. The maximum atomic E-state index is 15.1. The summed E-state index contributed by atoms with van der Waals surface area (Å²) >= 11 is 0. The molecule has 0 atom stereocenters. The third-order valence-electron chi connectivity index (χ3n) is 5.81.